The maximum Gasteiger partial charge on any atom is 0.178 e. The van der Waals surface area contributed by atoms with E-state index < -0.39 is 0 Å². The molecule has 0 saturated heterocycles. The molecule has 2 aromatic carbocycles. The quantitative estimate of drug-likeness (QED) is 0.797. The van der Waals surface area contributed by atoms with E-state index in [1.807, 2.05) is 6.07 Å². The van der Waals surface area contributed by atoms with Gasteiger partial charge in [-0.1, -0.05) is 11.6 Å². The van der Waals surface area contributed by atoms with Gasteiger partial charge in [0.15, 0.2) is 5.75 Å². The molecule has 0 fully saturated rings. The standard InChI is InChI=1S/C13H7ClNO2/c14-12-7-9(8-15)1-6-13(12)17-11-4-2-10(16)3-5-11/h1-7H. The van der Waals surface area contributed by atoms with E-state index in [2.05, 4.69) is 0 Å². The first-order chi connectivity index (χ1) is 8.19. The van der Waals surface area contributed by atoms with Crippen molar-refractivity contribution < 1.29 is 9.84 Å². The second-order valence-corrected chi connectivity index (χ2v) is 3.74. The highest BCUT2D eigenvalue weighted by Gasteiger charge is 2.04. The van der Waals surface area contributed by atoms with Crippen LogP contribution in [0.5, 0.6) is 17.2 Å². The van der Waals surface area contributed by atoms with Crippen LogP contribution in [0.15, 0.2) is 42.5 Å². The average molecular weight is 245 g/mol. The number of nitrogens with zero attached hydrogens (tertiary/aromatic N) is 1. The van der Waals surface area contributed by atoms with Gasteiger partial charge < -0.3 is 4.74 Å². The SMILES string of the molecule is N#Cc1ccc(Oc2ccc([O])cc2)c(Cl)c1. The van der Waals surface area contributed by atoms with Crippen molar-refractivity contribution in [2.75, 3.05) is 0 Å². The molecule has 2 rings (SSSR count). The summed E-state index contributed by atoms with van der Waals surface area (Å²) in [5.74, 6) is 0.892. The van der Waals surface area contributed by atoms with E-state index in [0.717, 1.165) is 0 Å². The Morgan fingerprint density at radius 3 is 2.41 bits per heavy atom. The van der Waals surface area contributed by atoms with Crippen LogP contribution in [0.25, 0.3) is 0 Å². The summed E-state index contributed by atoms with van der Waals surface area (Å²) in [6.07, 6.45) is 0. The molecule has 4 heteroatoms. The third kappa shape index (κ3) is 2.68. The topological polar surface area (TPSA) is 52.9 Å². The number of rotatable bonds is 2. The molecule has 0 amide bonds. The first-order valence-electron chi connectivity index (χ1n) is 4.83. The molecule has 0 aromatic heterocycles. The molecule has 0 bridgehead atoms. The van der Waals surface area contributed by atoms with E-state index in [1.54, 1.807) is 24.3 Å². The van der Waals surface area contributed by atoms with Crippen LogP contribution in [0.4, 0.5) is 0 Å². The molecular formula is C13H7ClNO2. The molecule has 0 unspecified atom stereocenters. The summed E-state index contributed by atoms with van der Waals surface area (Å²) in [4.78, 5) is 0. The summed E-state index contributed by atoms with van der Waals surface area (Å²) in [5.41, 5.74) is 0.470. The Kier molecular flexibility index (Phi) is 3.17. The van der Waals surface area contributed by atoms with E-state index in [9.17, 15) is 5.11 Å². The van der Waals surface area contributed by atoms with Crippen molar-refractivity contribution in [1.29, 1.82) is 5.26 Å². The minimum absolute atomic E-state index is 0.0803. The van der Waals surface area contributed by atoms with E-state index in [1.165, 1.54) is 18.2 Å². The van der Waals surface area contributed by atoms with Gasteiger partial charge >= 0.3 is 0 Å². The highest BCUT2D eigenvalue weighted by Crippen LogP contribution is 2.30. The molecule has 17 heavy (non-hydrogen) atoms. The largest absolute Gasteiger partial charge is 0.456 e. The maximum absolute atomic E-state index is 10.9. The molecule has 0 N–H and O–H groups in total. The van der Waals surface area contributed by atoms with Gasteiger partial charge in [-0.25, -0.2) is 0 Å². The van der Waals surface area contributed by atoms with Crippen molar-refractivity contribution in [3.8, 4) is 23.3 Å². The first kappa shape index (κ1) is 11.3. The zero-order chi connectivity index (χ0) is 12.3. The molecule has 0 aliphatic carbocycles. The summed E-state index contributed by atoms with van der Waals surface area (Å²) in [6, 6.07) is 12.7. The lowest BCUT2D eigenvalue weighted by molar-refractivity contribution is 0.354. The Bertz CT molecular complexity index is 573. The van der Waals surface area contributed by atoms with E-state index >= 15 is 0 Å². The van der Waals surface area contributed by atoms with Crippen molar-refractivity contribution in [3.63, 3.8) is 0 Å². The van der Waals surface area contributed by atoms with Crippen molar-refractivity contribution in [2.24, 2.45) is 0 Å². The number of ether oxygens (including phenoxy) is 1. The number of hydrogen-bond acceptors (Lipinski definition) is 2. The lowest BCUT2D eigenvalue weighted by atomic mass is 10.2. The van der Waals surface area contributed by atoms with Gasteiger partial charge in [-0.3, -0.25) is 5.11 Å². The highest BCUT2D eigenvalue weighted by atomic mass is 35.5. The predicted molar refractivity (Wildman–Crippen MR) is 62.8 cm³/mol. The highest BCUT2D eigenvalue weighted by molar-refractivity contribution is 6.32. The van der Waals surface area contributed by atoms with Gasteiger partial charge in [-0.15, -0.1) is 0 Å². The summed E-state index contributed by atoms with van der Waals surface area (Å²) < 4.78 is 5.48. The second-order valence-electron chi connectivity index (χ2n) is 3.33. The number of halogens is 1. The van der Waals surface area contributed by atoms with Crippen LogP contribution in [-0.4, -0.2) is 0 Å². The molecule has 0 saturated carbocycles. The minimum Gasteiger partial charge on any atom is -0.456 e. The molecule has 2 aromatic rings. The van der Waals surface area contributed by atoms with Crippen LogP contribution in [0.3, 0.4) is 0 Å². The van der Waals surface area contributed by atoms with E-state index in [-0.39, 0.29) is 5.75 Å². The van der Waals surface area contributed by atoms with Gasteiger partial charge in [0.2, 0.25) is 0 Å². The fraction of sp³-hybridized carbons (Fsp3) is 0. The van der Waals surface area contributed by atoms with Crippen molar-refractivity contribution in [3.05, 3.63) is 53.1 Å². The molecule has 3 nitrogen and oxygen atoms in total. The lowest BCUT2D eigenvalue weighted by Crippen LogP contribution is -1.85. The third-order valence-corrected chi connectivity index (χ3v) is 2.41. The van der Waals surface area contributed by atoms with Crippen molar-refractivity contribution in [2.45, 2.75) is 0 Å². The van der Waals surface area contributed by atoms with Crippen LogP contribution in [-0.2, 0) is 5.11 Å². The number of hydrogen-bond donors (Lipinski definition) is 0. The Morgan fingerprint density at radius 2 is 1.82 bits per heavy atom. The maximum atomic E-state index is 10.9. The zero-order valence-electron chi connectivity index (χ0n) is 8.68. The molecule has 1 radical (unpaired) electrons. The minimum atomic E-state index is -0.0803. The Labute approximate surface area is 103 Å². The van der Waals surface area contributed by atoms with Crippen LogP contribution >= 0.6 is 11.6 Å². The summed E-state index contributed by atoms with van der Waals surface area (Å²) in [7, 11) is 0. The summed E-state index contributed by atoms with van der Waals surface area (Å²) >= 11 is 5.95. The molecule has 0 atom stereocenters. The van der Waals surface area contributed by atoms with Gasteiger partial charge in [-0.2, -0.15) is 5.26 Å². The molecular weight excluding hydrogens is 238 g/mol. The Morgan fingerprint density at radius 1 is 1.12 bits per heavy atom. The molecule has 0 aliphatic rings. The van der Waals surface area contributed by atoms with Crippen LogP contribution < -0.4 is 4.74 Å². The van der Waals surface area contributed by atoms with E-state index in [0.29, 0.717) is 22.1 Å². The van der Waals surface area contributed by atoms with Gasteiger partial charge in [0.05, 0.1) is 16.7 Å². The van der Waals surface area contributed by atoms with Gasteiger partial charge in [-0.05, 0) is 42.5 Å². The van der Waals surface area contributed by atoms with E-state index in [4.69, 9.17) is 21.6 Å². The molecule has 83 valence electrons. The average Bonchev–Trinajstić information content (AvgIpc) is 2.34. The lowest BCUT2D eigenvalue weighted by Gasteiger charge is -2.07. The predicted octanol–water partition coefficient (Wildman–Crippen LogP) is 4.15. The monoisotopic (exact) mass is 244 g/mol. The second kappa shape index (κ2) is 4.77. The summed E-state index contributed by atoms with van der Waals surface area (Å²) in [6.45, 7) is 0. The number of nitriles is 1. The normalized spacial score (nSPS) is 9.65. The van der Waals surface area contributed by atoms with Crippen molar-refractivity contribution >= 4 is 11.6 Å². The number of benzene rings is 2. The first-order valence-corrected chi connectivity index (χ1v) is 5.21. The van der Waals surface area contributed by atoms with Gasteiger partial charge in [0.1, 0.15) is 11.5 Å². The van der Waals surface area contributed by atoms with Gasteiger partial charge in [0.25, 0.3) is 0 Å². The fourth-order valence-electron chi connectivity index (χ4n) is 1.29. The molecule has 0 aliphatic heterocycles. The Hall–Kier alpha value is -2.18. The van der Waals surface area contributed by atoms with Crippen LogP contribution in [0.1, 0.15) is 5.56 Å². The molecule has 0 spiro atoms. The third-order valence-electron chi connectivity index (χ3n) is 2.11. The Balaban J connectivity index is 2.25. The zero-order valence-corrected chi connectivity index (χ0v) is 9.44. The fourth-order valence-corrected chi connectivity index (χ4v) is 1.51. The van der Waals surface area contributed by atoms with Gasteiger partial charge in [0, 0.05) is 0 Å². The van der Waals surface area contributed by atoms with Crippen molar-refractivity contribution in [1.82, 2.24) is 0 Å². The smallest absolute Gasteiger partial charge is 0.178 e. The summed E-state index contributed by atoms with van der Waals surface area (Å²) in [5, 5.41) is 20.0. The van der Waals surface area contributed by atoms with Crippen LogP contribution in [0.2, 0.25) is 5.02 Å². The van der Waals surface area contributed by atoms with Crippen LogP contribution in [0, 0.1) is 11.3 Å². The molecule has 0 heterocycles.